The molecule has 3 nitrogen and oxygen atoms in total. The molecule has 20 heavy (non-hydrogen) atoms. The summed E-state index contributed by atoms with van der Waals surface area (Å²) in [6.07, 6.45) is 2.52. The molecule has 0 spiro atoms. The number of nitrogens with one attached hydrogen (secondary N) is 1. The minimum absolute atomic E-state index is 0.220. The molecule has 3 rings (SSSR count). The Labute approximate surface area is 118 Å². The summed E-state index contributed by atoms with van der Waals surface area (Å²) in [6.45, 7) is 0.878. The number of rotatable bonds is 5. The van der Waals surface area contributed by atoms with Crippen LogP contribution in [0.25, 0.3) is 10.8 Å². The van der Waals surface area contributed by atoms with Crippen LogP contribution in [-0.2, 0) is 9.53 Å². The van der Waals surface area contributed by atoms with Gasteiger partial charge in [-0.2, -0.15) is 0 Å². The van der Waals surface area contributed by atoms with Crippen LogP contribution in [0.15, 0.2) is 42.5 Å². The van der Waals surface area contributed by atoms with Crippen molar-refractivity contribution >= 4 is 16.7 Å². The summed E-state index contributed by atoms with van der Waals surface area (Å²) < 4.78 is 4.97. The summed E-state index contributed by atoms with van der Waals surface area (Å²) in [7, 11) is 1.44. The Kier molecular flexibility index (Phi) is 3.70. The van der Waals surface area contributed by atoms with E-state index in [4.69, 9.17) is 4.74 Å². The van der Waals surface area contributed by atoms with Gasteiger partial charge in [0.2, 0.25) is 0 Å². The predicted octanol–water partition coefficient (Wildman–Crippen LogP) is 3.05. The van der Waals surface area contributed by atoms with Crippen LogP contribution < -0.4 is 5.32 Å². The fraction of sp³-hybridized carbons (Fsp3) is 0.353. The Hall–Kier alpha value is -1.87. The molecular weight excluding hydrogens is 250 g/mol. The van der Waals surface area contributed by atoms with Crippen LogP contribution in [-0.4, -0.2) is 19.6 Å². The zero-order chi connectivity index (χ0) is 13.9. The van der Waals surface area contributed by atoms with Gasteiger partial charge in [0.15, 0.2) is 0 Å². The molecule has 0 radical (unpaired) electrons. The van der Waals surface area contributed by atoms with Crippen LogP contribution in [0.3, 0.4) is 0 Å². The van der Waals surface area contributed by atoms with E-state index >= 15 is 0 Å². The van der Waals surface area contributed by atoms with Crippen molar-refractivity contribution in [2.24, 2.45) is 5.92 Å². The molecule has 1 aliphatic rings. The van der Waals surface area contributed by atoms with Gasteiger partial charge < -0.3 is 10.1 Å². The number of ether oxygens (including phenoxy) is 1. The molecule has 2 aromatic carbocycles. The van der Waals surface area contributed by atoms with Crippen LogP contribution in [0, 0.1) is 5.92 Å². The molecule has 0 saturated heterocycles. The number of fused-ring (bicyclic) bond motifs is 1. The molecule has 0 heterocycles. The van der Waals surface area contributed by atoms with Crippen molar-refractivity contribution in [3.8, 4) is 0 Å². The van der Waals surface area contributed by atoms with Crippen LogP contribution in [0.4, 0.5) is 0 Å². The third kappa shape index (κ3) is 2.68. The third-order valence-corrected chi connectivity index (χ3v) is 3.88. The first-order valence-electron chi connectivity index (χ1n) is 7.08. The molecule has 2 aromatic rings. The number of methoxy groups -OCH3 is 1. The molecule has 0 aromatic heterocycles. The zero-order valence-corrected chi connectivity index (χ0v) is 11.6. The van der Waals surface area contributed by atoms with Crippen LogP contribution >= 0.6 is 0 Å². The van der Waals surface area contributed by atoms with Gasteiger partial charge in [0, 0.05) is 0 Å². The predicted molar refractivity (Wildman–Crippen MR) is 79.4 cm³/mol. The second kappa shape index (κ2) is 5.63. The highest BCUT2D eigenvalue weighted by Crippen LogP contribution is 2.30. The van der Waals surface area contributed by atoms with Crippen LogP contribution in [0.1, 0.15) is 24.4 Å². The van der Waals surface area contributed by atoms with E-state index in [2.05, 4.69) is 23.5 Å². The smallest absolute Gasteiger partial charge is 0.327 e. The molecule has 1 atom stereocenters. The van der Waals surface area contributed by atoms with Gasteiger partial charge in [0.05, 0.1) is 7.11 Å². The van der Waals surface area contributed by atoms with Gasteiger partial charge >= 0.3 is 5.97 Å². The van der Waals surface area contributed by atoms with Crippen LogP contribution in [0.2, 0.25) is 0 Å². The number of carbonyl (C=O) groups excluding carboxylic acids is 1. The third-order valence-electron chi connectivity index (χ3n) is 3.88. The van der Waals surface area contributed by atoms with Gasteiger partial charge in [-0.05, 0) is 41.6 Å². The molecule has 1 fully saturated rings. The highest BCUT2D eigenvalue weighted by Gasteiger charge is 2.27. The summed E-state index contributed by atoms with van der Waals surface area (Å²) >= 11 is 0. The molecule has 1 aliphatic carbocycles. The summed E-state index contributed by atoms with van der Waals surface area (Å²) in [5.74, 6) is 0.499. The lowest BCUT2D eigenvalue weighted by atomic mass is 9.98. The Morgan fingerprint density at radius 3 is 2.75 bits per heavy atom. The summed E-state index contributed by atoms with van der Waals surface area (Å²) in [4.78, 5) is 12.1. The Balaban J connectivity index is 1.96. The molecular formula is C17H19NO2. The number of hydrogen-bond donors (Lipinski definition) is 1. The van der Waals surface area contributed by atoms with E-state index in [9.17, 15) is 4.79 Å². The van der Waals surface area contributed by atoms with Crippen LogP contribution in [0.5, 0.6) is 0 Å². The SMILES string of the molecule is COC(=O)C(NCC1CC1)c1cccc2ccccc12. The topological polar surface area (TPSA) is 38.3 Å². The molecule has 0 amide bonds. The minimum atomic E-state index is -0.383. The lowest BCUT2D eigenvalue weighted by molar-refractivity contribution is -0.143. The van der Waals surface area contributed by atoms with Crippen molar-refractivity contribution in [1.82, 2.24) is 5.32 Å². The van der Waals surface area contributed by atoms with E-state index in [1.165, 1.54) is 20.0 Å². The van der Waals surface area contributed by atoms with Gasteiger partial charge in [0.25, 0.3) is 0 Å². The van der Waals surface area contributed by atoms with Crippen molar-refractivity contribution in [3.05, 3.63) is 48.0 Å². The van der Waals surface area contributed by atoms with Crippen molar-refractivity contribution in [2.45, 2.75) is 18.9 Å². The number of benzene rings is 2. The van der Waals surface area contributed by atoms with E-state index in [1.807, 2.05) is 24.3 Å². The Bertz CT molecular complexity index is 614. The van der Waals surface area contributed by atoms with Crippen molar-refractivity contribution < 1.29 is 9.53 Å². The number of hydrogen-bond acceptors (Lipinski definition) is 3. The normalized spacial score (nSPS) is 16.1. The molecule has 1 N–H and O–H groups in total. The average molecular weight is 269 g/mol. The summed E-state index contributed by atoms with van der Waals surface area (Å²) in [5, 5.41) is 5.62. The first-order valence-corrected chi connectivity index (χ1v) is 7.08. The van der Waals surface area contributed by atoms with Gasteiger partial charge in [-0.3, -0.25) is 0 Å². The van der Waals surface area contributed by atoms with E-state index in [0.29, 0.717) is 0 Å². The van der Waals surface area contributed by atoms with E-state index in [0.717, 1.165) is 28.8 Å². The molecule has 3 heteroatoms. The number of carbonyl (C=O) groups is 1. The second-order valence-electron chi connectivity index (χ2n) is 5.38. The number of esters is 1. The zero-order valence-electron chi connectivity index (χ0n) is 11.6. The first kappa shape index (κ1) is 13.1. The maximum absolute atomic E-state index is 12.1. The van der Waals surface area contributed by atoms with Gasteiger partial charge in [0.1, 0.15) is 6.04 Å². The Morgan fingerprint density at radius 2 is 2.00 bits per heavy atom. The van der Waals surface area contributed by atoms with E-state index < -0.39 is 0 Å². The lowest BCUT2D eigenvalue weighted by Crippen LogP contribution is -2.31. The summed E-state index contributed by atoms with van der Waals surface area (Å²) in [6, 6.07) is 13.8. The van der Waals surface area contributed by atoms with E-state index in [1.54, 1.807) is 0 Å². The molecule has 1 unspecified atom stereocenters. The van der Waals surface area contributed by atoms with Gasteiger partial charge in [-0.1, -0.05) is 42.5 Å². The second-order valence-corrected chi connectivity index (χ2v) is 5.38. The fourth-order valence-electron chi connectivity index (χ4n) is 2.55. The Morgan fingerprint density at radius 1 is 1.25 bits per heavy atom. The van der Waals surface area contributed by atoms with Crippen molar-refractivity contribution in [3.63, 3.8) is 0 Å². The molecule has 0 bridgehead atoms. The maximum atomic E-state index is 12.1. The molecule has 104 valence electrons. The van der Waals surface area contributed by atoms with E-state index in [-0.39, 0.29) is 12.0 Å². The van der Waals surface area contributed by atoms with Gasteiger partial charge in [-0.15, -0.1) is 0 Å². The highest BCUT2D eigenvalue weighted by molar-refractivity contribution is 5.90. The van der Waals surface area contributed by atoms with Gasteiger partial charge in [-0.25, -0.2) is 4.79 Å². The minimum Gasteiger partial charge on any atom is -0.468 e. The summed E-state index contributed by atoms with van der Waals surface area (Å²) in [5.41, 5.74) is 0.996. The monoisotopic (exact) mass is 269 g/mol. The quantitative estimate of drug-likeness (QED) is 0.848. The largest absolute Gasteiger partial charge is 0.468 e. The standard InChI is InChI=1S/C17H19NO2/c1-20-17(19)16(18-11-12-9-10-12)15-8-4-6-13-5-2-3-7-14(13)15/h2-8,12,16,18H,9-11H2,1H3. The lowest BCUT2D eigenvalue weighted by Gasteiger charge is -2.18. The van der Waals surface area contributed by atoms with Crippen molar-refractivity contribution in [1.29, 1.82) is 0 Å². The molecule has 1 saturated carbocycles. The fourth-order valence-corrected chi connectivity index (χ4v) is 2.55. The first-order chi connectivity index (χ1) is 9.79. The maximum Gasteiger partial charge on any atom is 0.327 e. The van der Waals surface area contributed by atoms with Crippen molar-refractivity contribution in [2.75, 3.05) is 13.7 Å². The molecule has 0 aliphatic heterocycles. The highest BCUT2D eigenvalue weighted by atomic mass is 16.5. The average Bonchev–Trinajstić information content (AvgIpc) is 3.31.